The molecule has 1 aliphatic carbocycles. The van der Waals surface area contributed by atoms with Gasteiger partial charge in [0.2, 0.25) is 0 Å². The van der Waals surface area contributed by atoms with Gasteiger partial charge in [0.1, 0.15) is 0 Å². The molecule has 0 heteroatoms. The second-order valence-corrected chi connectivity index (χ2v) is 6.93. The molecule has 25 heavy (non-hydrogen) atoms. The molecular weight excluding hydrogens is 300 g/mol. The molecule has 128 valence electrons. The van der Waals surface area contributed by atoms with Crippen molar-refractivity contribution in [2.75, 3.05) is 0 Å². The monoisotopic (exact) mass is 328 g/mol. The zero-order chi connectivity index (χ0) is 17.5. The lowest BCUT2D eigenvalue weighted by Gasteiger charge is -2.22. The molecule has 0 spiro atoms. The molecule has 3 rings (SSSR count). The van der Waals surface area contributed by atoms with E-state index in [2.05, 4.69) is 86.0 Å². The van der Waals surface area contributed by atoms with Crippen molar-refractivity contribution in [1.82, 2.24) is 0 Å². The summed E-state index contributed by atoms with van der Waals surface area (Å²) in [5, 5.41) is 0. The van der Waals surface area contributed by atoms with Gasteiger partial charge in [0.15, 0.2) is 0 Å². The molecule has 2 aromatic carbocycles. The summed E-state index contributed by atoms with van der Waals surface area (Å²) in [6.45, 7) is 7.89. The predicted octanol–water partition coefficient (Wildman–Crippen LogP) is 7.17. The van der Waals surface area contributed by atoms with Crippen LogP contribution in [0.1, 0.15) is 43.2 Å². The van der Waals surface area contributed by atoms with Crippen LogP contribution in [-0.2, 0) is 0 Å². The molecule has 0 aliphatic heterocycles. The molecule has 0 radical (unpaired) electrons. The van der Waals surface area contributed by atoms with Gasteiger partial charge in [0, 0.05) is 0 Å². The van der Waals surface area contributed by atoms with Crippen molar-refractivity contribution < 1.29 is 0 Å². The average molecular weight is 328 g/mol. The van der Waals surface area contributed by atoms with E-state index < -0.39 is 0 Å². The van der Waals surface area contributed by atoms with Crippen LogP contribution in [0.5, 0.6) is 0 Å². The average Bonchev–Trinajstić information content (AvgIpc) is 3.04. The van der Waals surface area contributed by atoms with E-state index in [1.54, 1.807) is 5.57 Å². The zero-order valence-electron chi connectivity index (χ0n) is 15.0. The van der Waals surface area contributed by atoms with Crippen LogP contribution in [0.2, 0.25) is 0 Å². The van der Waals surface area contributed by atoms with Gasteiger partial charge in [-0.05, 0) is 66.2 Å². The zero-order valence-corrected chi connectivity index (χ0v) is 15.0. The highest BCUT2D eigenvalue weighted by Crippen LogP contribution is 2.50. The van der Waals surface area contributed by atoms with Crippen molar-refractivity contribution in [3.05, 3.63) is 97.1 Å². The Labute approximate surface area is 152 Å². The third-order valence-corrected chi connectivity index (χ3v) is 5.36. The molecule has 0 fully saturated rings. The standard InChI is InChI=1S/C25H28/c1-3-5-13-22-19-24(20-14-9-7-10-15-20)25(23(22)18-6-4-2)21-16-11-8-12-17-21/h3-4,7-12,14-17,22-23H,1-2,5-6,13,18-19H2/t22-,23-/m1/s1. The summed E-state index contributed by atoms with van der Waals surface area (Å²) in [7, 11) is 0. The third kappa shape index (κ3) is 4.02. The Kier molecular flexibility index (Phi) is 6.06. The van der Waals surface area contributed by atoms with Crippen LogP contribution in [0.3, 0.4) is 0 Å². The Bertz CT molecular complexity index is 721. The molecule has 0 saturated heterocycles. The lowest BCUT2D eigenvalue weighted by Crippen LogP contribution is -2.11. The van der Waals surface area contributed by atoms with Crippen LogP contribution in [0.15, 0.2) is 86.0 Å². The van der Waals surface area contributed by atoms with Gasteiger partial charge in [-0.2, -0.15) is 0 Å². The van der Waals surface area contributed by atoms with Gasteiger partial charge in [-0.25, -0.2) is 0 Å². The van der Waals surface area contributed by atoms with E-state index in [-0.39, 0.29) is 0 Å². The predicted molar refractivity (Wildman–Crippen MR) is 110 cm³/mol. The molecule has 0 aromatic heterocycles. The summed E-state index contributed by atoms with van der Waals surface area (Å²) in [4.78, 5) is 0. The molecule has 1 aliphatic rings. The Morgan fingerprint density at radius 2 is 1.32 bits per heavy atom. The van der Waals surface area contributed by atoms with Gasteiger partial charge in [-0.1, -0.05) is 72.8 Å². The van der Waals surface area contributed by atoms with Gasteiger partial charge in [0.25, 0.3) is 0 Å². The van der Waals surface area contributed by atoms with E-state index >= 15 is 0 Å². The SMILES string of the molecule is C=CCC[C@@H]1CC(c2ccccc2)=C(c2ccccc2)[C@@H]1CCC=C. The summed E-state index contributed by atoms with van der Waals surface area (Å²) in [5.41, 5.74) is 5.86. The highest BCUT2D eigenvalue weighted by atomic mass is 14.4. The number of allylic oxidation sites excluding steroid dienone is 4. The van der Waals surface area contributed by atoms with Crippen LogP contribution in [0.4, 0.5) is 0 Å². The van der Waals surface area contributed by atoms with Crippen LogP contribution in [0.25, 0.3) is 11.1 Å². The summed E-state index contributed by atoms with van der Waals surface area (Å²) < 4.78 is 0. The summed E-state index contributed by atoms with van der Waals surface area (Å²) in [6, 6.07) is 21.9. The van der Waals surface area contributed by atoms with E-state index in [1.165, 1.54) is 36.0 Å². The minimum absolute atomic E-state index is 0.607. The van der Waals surface area contributed by atoms with Crippen molar-refractivity contribution in [1.29, 1.82) is 0 Å². The molecule has 2 aromatic rings. The maximum atomic E-state index is 3.95. The molecule has 0 unspecified atom stereocenters. The summed E-state index contributed by atoms with van der Waals surface area (Å²) >= 11 is 0. The highest BCUT2D eigenvalue weighted by molar-refractivity contribution is 5.94. The summed E-state index contributed by atoms with van der Waals surface area (Å²) in [5.74, 6) is 1.30. The first kappa shape index (κ1) is 17.5. The van der Waals surface area contributed by atoms with Crippen LogP contribution >= 0.6 is 0 Å². The smallest absolute Gasteiger partial charge is 0.0118 e. The number of hydrogen-bond acceptors (Lipinski definition) is 0. The lowest BCUT2D eigenvalue weighted by atomic mass is 9.82. The number of hydrogen-bond donors (Lipinski definition) is 0. The number of benzene rings is 2. The van der Waals surface area contributed by atoms with Crippen LogP contribution in [0, 0.1) is 11.8 Å². The minimum atomic E-state index is 0.607. The topological polar surface area (TPSA) is 0 Å². The first-order chi connectivity index (χ1) is 12.3. The van der Waals surface area contributed by atoms with E-state index in [0.717, 1.165) is 12.8 Å². The quantitative estimate of drug-likeness (QED) is 0.451. The molecule has 0 N–H and O–H groups in total. The molecule has 0 bridgehead atoms. The van der Waals surface area contributed by atoms with E-state index in [1.807, 2.05) is 0 Å². The normalized spacial score (nSPS) is 19.8. The van der Waals surface area contributed by atoms with Crippen molar-refractivity contribution in [2.24, 2.45) is 11.8 Å². The van der Waals surface area contributed by atoms with Gasteiger partial charge in [0.05, 0.1) is 0 Å². The van der Waals surface area contributed by atoms with Crippen LogP contribution < -0.4 is 0 Å². The fourth-order valence-electron chi connectivity index (χ4n) is 4.21. The Hall–Kier alpha value is -2.34. The maximum Gasteiger partial charge on any atom is -0.0118 e. The largest absolute Gasteiger partial charge is 0.103 e. The Morgan fingerprint density at radius 1 is 0.760 bits per heavy atom. The summed E-state index contributed by atoms with van der Waals surface area (Å²) in [6.07, 6.45) is 9.88. The lowest BCUT2D eigenvalue weighted by molar-refractivity contribution is 0.390. The molecule has 0 saturated carbocycles. The Morgan fingerprint density at radius 3 is 1.92 bits per heavy atom. The first-order valence-electron chi connectivity index (χ1n) is 9.40. The van der Waals surface area contributed by atoms with E-state index in [9.17, 15) is 0 Å². The minimum Gasteiger partial charge on any atom is -0.103 e. The first-order valence-corrected chi connectivity index (χ1v) is 9.40. The van der Waals surface area contributed by atoms with Gasteiger partial charge in [-0.15, -0.1) is 13.2 Å². The van der Waals surface area contributed by atoms with Gasteiger partial charge < -0.3 is 0 Å². The van der Waals surface area contributed by atoms with Crippen molar-refractivity contribution in [3.63, 3.8) is 0 Å². The Balaban J connectivity index is 2.06. The molecule has 0 nitrogen and oxygen atoms in total. The third-order valence-electron chi connectivity index (χ3n) is 5.36. The van der Waals surface area contributed by atoms with Crippen molar-refractivity contribution in [2.45, 2.75) is 32.1 Å². The fraction of sp³-hybridized carbons (Fsp3) is 0.280. The highest BCUT2D eigenvalue weighted by Gasteiger charge is 2.34. The van der Waals surface area contributed by atoms with Gasteiger partial charge >= 0.3 is 0 Å². The second-order valence-electron chi connectivity index (χ2n) is 6.93. The van der Waals surface area contributed by atoms with E-state index in [4.69, 9.17) is 0 Å². The molecular formula is C25H28. The van der Waals surface area contributed by atoms with Gasteiger partial charge in [-0.3, -0.25) is 0 Å². The molecule has 0 heterocycles. The molecule has 2 atom stereocenters. The molecule has 0 amide bonds. The van der Waals surface area contributed by atoms with Crippen LogP contribution in [-0.4, -0.2) is 0 Å². The van der Waals surface area contributed by atoms with E-state index in [0.29, 0.717) is 11.8 Å². The van der Waals surface area contributed by atoms with Crippen molar-refractivity contribution in [3.8, 4) is 0 Å². The number of rotatable bonds is 8. The maximum absolute atomic E-state index is 3.95. The fourth-order valence-corrected chi connectivity index (χ4v) is 4.21. The second kappa shape index (κ2) is 8.67. The van der Waals surface area contributed by atoms with Crippen molar-refractivity contribution >= 4 is 11.1 Å².